The number of hydrogen-bond donors (Lipinski definition) is 2. The highest BCUT2D eigenvalue weighted by Crippen LogP contribution is 2.12. The first kappa shape index (κ1) is 13.2. The summed E-state index contributed by atoms with van der Waals surface area (Å²) < 4.78 is 4.82. The van der Waals surface area contributed by atoms with Crippen LogP contribution >= 0.6 is 0 Å². The number of rotatable bonds is 5. The van der Waals surface area contributed by atoms with Crippen molar-refractivity contribution in [3.8, 4) is 0 Å². The van der Waals surface area contributed by atoms with E-state index in [1.165, 1.54) is 7.11 Å². The van der Waals surface area contributed by atoms with Gasteiger partial charge in [-0.05, 0) is 12.5 Å². The Balaban J connectivity index is 2.82. The molecule has 0 aliphatic carbocycles. The van der Waals surface area contributed by atoms with Gasteiger partial charge in [-0.15, -0.1) is 0 Å². The van der Waals surface area contributed by atoms with Crippen LogP contribution in [-0.2, 0) is 14.3 Å². The molecule has 0 spiro atoms. The van der Waals surface area contributed by atoms with Crippen molar-refractivity contribution < 1.29 is 19.4 Å². The number of carboxylic acid groups (broad SMARTS) is 1. The molecule has 5 heteroatoms. The minimum absolute atomic E-state index is 0.455. The van der Waals surface area contributed by atoms with Gasteiger partial charge < -0.3 is 15.2 Å². The second-order valence-corrected chi connectivity index (χ2v) is 3.57. The zero-order chi connectivity index (χ0) is 12.8. The number of aliphatic carboxylic acids is 1. The van der Waals surface area contributed by atoms with Crippen molar-refractivity contribution in [1.29, 1.82) is 0 Å². The third kappa shape index (κ3) is 3.57. The monoisotopic (exact) mass is 237 g/mol. The molecule has 1 rings (SSSR count). The highest BCUT2D eigenvalue weighted by Gasteiger charge is 2.24. The van der Waals surface area contributed by atoms with Gasteiger partial charge in [0.2, 0.25) is 5.91 Å². The van der Waals surface area contributed by atoms with Crippen LogP contribution in [0.2, 0.25) is 0 Å². The van der Waals surface area contributed by atoms with Crippen molar-refractivity contribution in [2.24, 2.45) is 0 Å². The standard InChI is InChI=1S/C12H15NO4/c1-8(17-2)11(14)13-10(12(15)16)9-6-4-3-5-7-9/h3-8,10H,1-2H3,(H,13,14)(H,15,16)/t8?,10-/m1/s1. The molecule has 0 aliphatic heterocycles. The van der Waals surface area contributed by atoms with Crippen molar-refractivity contribution in [1.82, 2.24) is 5.32 Å². The summed E-state index contributed by atoms with van der Waals surface area (Å²) in [6.07, 6.45) is -0.680. The summed E-state index contributed by atoms with van der Waals surface area (Å²) in [5.41, 5.74) is 0.525. The highest BCUT2D eigenvalue weighted by molar-refractivity contribution is 5.86. The zero-order valence-corrected chi connectivity index (χ0v) is 9.71. The number of carbonyl (C=O) groups excluding carboxylic acids is 1. The lowest BCUT2D eigenvalue weighted by molar-refractivity contribution is -0.143. The Kier molecular flexibility index (Phi) is 4.66. The molecular formula is C12H15NO4. The van der Waals surface area contributed by atoms with E-state index >= 15 is 0 Å². The van der Waals surface area contributed by atoms with E-state index in [0.717, 1.165) is 0 Å². The third-order valence-corrected chi connectivity index (χ3v) is 2.39. The van der Waals surface area contributed by atoms with Gasteiger partial charge in [0.1, 0.15) is 6.10 Å². The fourth-order valence-corrected chi connectivity index (χ4v) is 1.30. The fraction of sp³-hybridized carbons (Fsp3) is 0.333. The molecule has 0 aliphatic rings. The Morgan fingerprint density at radius 2 is 1.88 bits per heavy atom. The normalized spacial score (nSPS) is 13.8. The molecule has 1 unspecified atom stereocenters. The van der Waals surface area contributed by atoms with Gasteiger partial charge >= 0.3 is 5.97 Å². The van der Waals surface area contributed by atoms with Gasteiger partial charge in [0.15, 0.2) is 6.04 Å². The quantitative estimate of drug-likeness (QED) is 0.800. The molecule has 92 valence electrons. The number of hydrogen-bond acceptors (Lipinski definition) is 3. The number of nitrogens with one attached hydrogen (secondary N) is 1. The summed E-state index contributed by atoms with van der Waals surface area (Å²) in [7, 11) is 1.39. The van der Waals surface area contributed by atoms with Crippen LogP contribution in [0.3, 0.4) is 0 Å². The van der Waals surface area contributed by atoms with E-state index in [9.17, 15) is 9.59 Å². The Bertz CT molecular complexity index is 391. The molecule has 2 atom stereocenters. The van der Waals surface area contributed by atoms with E-state index in [0.29, 0.717) is 5.56 Å². The lowest BCUT2D eigenvalue weighted by atomic mass is 10.1. The number of carboxylic acids is 1. The predicted octanol–water partition coefficient (Wildman–Crippen LogP) is 0.963. The molecule has 1 aromatic carbocycles. The predicted molar refractivity (Wildman–Crippen MR) is 61.4 cm³/mol. The first-order valence-electron chi connectivity index (χ1n) is 5.17. The Morgan fingerprint density at radius 1 is 1.29 bits per heavy atom. The number of benzene rings is 1. The molecule has 0 bridgehead atoms. The molecule has 0 fully saturated rings. The van der Waals surface area contributed by atoms with Crippen LogP contribution in [0, 0.1) is 0 Å². The van der Waals surface area contributed by atoms with Crippen LogP contribution in [0.15, 0.2) is 30.3 Å². The maximum atomic E-state index is 11.6. The smallest absolute Gasteiger partial charge is 0.330 e. The van der Waals surface area contributed by atoms with Crippen molar-refractivity contribution in [3.05, 3.63) is 35.9 Å². The molecule has 1 aromatic rings. The lowest BCUT2D eigenvalue weighted by Gasteiger charge is -2.17. The topological polar surface area (TPSA) is 75.6 Å². The van der Waals surface area contributed by atoms with Crippen molar-refractivity contribution >= 4 is 11.9 Å². The Morgan fingerprint density at radius 3 is 2.35 bits per heavy atom. The minimum atomic E-state index is -1.10. The average Bonchev–Trinajstić information content (AvgIpc) is 2.35. The van der Waals surface area contributed by atoms with Crippen LogP contribution in [-0.4, -0.2) is 30.2 Å². The summed E-state index contributed by atoms with van der Waals surface area (Å²) in [6, 6.07) is 7.46. The summed E-state index contributed by atoms with van der Waals surface area (Å²) in [4.78, 5) is 22.7. The van der Waals surface area contributed by atoms with E-state index in [4.69, 9.17) is 9.84 Å². The number of carbonyl (C=O) groups is 2. The molecule has 0 saturated carbocycles. The maximum absolute atomic E-state index is 11.6. The molecule has 5 nitrogen and oxygen atoms in total. The molecule has 1 amide bonds. The van der Waals surface area contributed by atoms with Gasteiger partial charge in [-0.3, -0.25) is 4.79 Å². The average molecular weight is 237 g/mol. The van der Waals surface area contributed by atoms with Crippen molar-refractivity contribution in [2.45, 2.75) is 19.1 Å². The van der Waals surface area contributed by atoms with E-state index in [-0.39, 0.29) is 0 Å². The second-order valence-electron chi connectivity index (χ2n) is 3.57. The summed E-state index contributed by atoms with van der Waals surface area (Å²) in [6.45, 7) is 1.55. The van der Waals surface area contributed by atoms with E-state index < -0.39 is 24.0 Å². The number of methoxy groups -OCH3 is 1. The van der Waals surface area contributed by atoms with Gasteiger partial charge in [0, 0.05) is 7.11 Å². The number of ether oxygens (including phenoxy) is 1. The first-order chi connectivity index (χ1) is 8.06. The van der Waals surface area contributed by atoms with Gasteiger partial charge in [0.05, 0.1) is 0 Å². The molecule has 0 saturated heterocycles. The van der Waals surface area contributed by atoms with E-state index in [1.807, 2.05) is 0 Å². The minimum Gasteiger partial charge on any atom is -0.479 e. The molecule has 17 heavy (non-hydrogen) atoms. The molecule has 0 heterocycles. The molecular weight excluding hydrogens is 222 g/mol. The van der Waals surface area contributed by atoms with Gasteiger partial charge in [-0.1, -0.05) is 30.3 Å². The molecule has 0 aromatic heterocycles. The van der Waals surface area contributed by atoms with E-state index in [2.05, 4.69) is 5.32 Å². The number of amides is 1. The lowest BCUT2D eigenvalue weighted by Crippen LogP contribution is -2.39. The van der Waals surface area contributed by atoms with Crippen LogP contribution in [0.5, 0.6) is 0 Å². The summed E-state index contributed by atoms with van der Waals surface area (Å²) in [5, 5.41) is 11.5. The Labute approximate surface area is 99.4 Å². The highest BCUT2D eigenvalue weighted by atomic mass is 16.5. The van der Waals surface area contributed by atoms with Gasteiger partial charge in [0.25, 0.3) is 0 Å². The largest absolute Gasteiger partial charge is 0.479 e. The molecule has 2 N–H and O–H groups in total. The van der Waals surface area contributed by atoms with Crippen molar-refractivity contribution in [3.63, 3.8) is 0 Å². The van der Waals surface area contributed by atoms with Crippen LogP contribution < -0.4 is 5.32 Å². The fourth-order valence-electron chi connectivity index (χ4n) is 1.30. The van der Waals surface area contributed by atoms with Crippen LogP contribution in [0.25, 0.3) is 0 Å². The van der Waals surface area contributed by atoms with Crippen LogP contribution in [0.1, 0.15) is 18.5 Å². The summed E-state index contributed by atoms with van der Waals surface area (Å²) >= 11 is 0. The van der Waals surface area contributed by atoms with Gasteiger partial charge in [-0.25, -0.2) is 4.79 Å². The third-order valence-electron chi connectivity index (χ3n) is 2.39. The molecule has 0 radical (unpaired) electrons. The van der Waals surface area contributed by atoms with Crippen molar-refractivity contribution in [2.75, 3.05) is 7.11 Å². The Hall–Kier alpha value is -1.88. The summed E-state index contributed by atoms with van der Waals surface area (Å²) in [5.74, 6) is -1.56. The maximum Gasteiger partial charge on any atom is 0.330 e. The van der Waals surface area contributed by atoms with E-state index in [1.54, 1.807) is 37.3 Å². The van der Waals surface area contributed by atoms with Gasteiger partial charge in [-0.2, -0.15) is 0 Å². The first-order valence-corrected chi connectivity index (χ1v) is 5.17. The SMILES string of the molecule is COC(C)C(=O)N[C@@H](C(=O)O)c1ccccc1. The van der Waals surface area contributed by atoms with Crippen LogP contribution in [0.4, 0.5) is 0 Å². The zero-order valence-electron chi connectivity index (χ0n) is 9.71. The second kappa shape index (κ2) is 6.00.